The smallest absolute Gasteiger partial charge is 0.192 e. The Hall–Kier alpha value is -1.43. The van der Waals surface area contributed by atoms with Crippen LogP contribution in [0.25, 0.3) is 0 Å². The fourth-order valence-corrected chi connectivity index (χ4v) is 3.52. The number of carbonyl (C=O) groups excluding carboxylic acids is 1. The summed E-state index contributed by atoms with van der Waals surface area (Å²) in [4.78, 5) is 15.9. The lowest BCUT2D eigenvalue weighted by Gasteiger charge is -2.20. The van der Waals surface area contributed by atoms with E-state index in [1.807, 2.05) is 13.8 Å². The number of rotatable bonds is 6. The number of hydrogen-bond acceptors (Lipinski definition) is 5. The third kappa shape index (κ3) is 4.10. The lowest BCUT2D eigenvalue weighted by atomic mass is 10.1. The van der Waals surface area contributed by atoms with Crippen LogP contribution in [-0.4, -0.2) is 38.1 Å². The fraction of sp³-hybridized carbons (Fsp3) is 0.353. The van der Waals surface area contributed by atoms with Crippen molar-refractivity contribution in [1.82, 2.24) is 4.90 Å². The van der Waals surface area contributed by atoms with Crippen molar-refractivity contribution in [2.45, 2.75) is 13.8 Å². The average Bonchev–Trinajstić information content (AvgIpc) is 2.79. The molecule has 1 aromatic rings. The summed E-state index contributed by atoms with van der Waals surface area (Å²) in [5, 5.41) is 1.40. The molecule has 0 unspecified atom stereocenters. The zero-order valence-corrected chi connectivity index (χ0v) is 15.3. The molecule has 0 atom stereocenters. The number of ketones is 1. The number of hydrogen-bond donors (Lipinski definition) is 0. The van der Waals surface area contributed by atoms with Crippen LogP contribution in [-0.2, 0) is 4.74 Å². The maximum absolute atomic E-state index is 12.7. The second-order valence-corrected chi connectivity index (χ2v) is 6.75. The van der Waals surface area contributed by atoms with Gasteiger partial charge in [-0.15, -0.1) is 0 Å². The minimum absolute atomic E-state index is 0.128. The quantitative estimate of drug-likeness (QED) is 0.562. The Labute approximate surface area is 146 Å². The topological polar surface area (TPSA) is 38.8 Å². The SMILES string of the molecule is COCCN1C(C)=C(C)S/C1=C\C(=O)c1cc(Cl)ccc1OC. The molecule has 23 heavy (non-hydrogen) atoms. The predicted octanol–water partition coefficient (Wildman–Crippen LogP) is 4.32. The van der Waals surface area contributed by atoms with E-state index < -0.39 is 0 Å². The van der Waals surface area contributed by atoms with E-state index >= 15 is 0 Å². The van der Waals surface area contributed by atoms with Gasteiger partial charge in [-0.3, -0.25) is 4.79 Å². The van der Waals surface area contributed by atoms with Gasteiger partial charge in [0.15, 0.2) is 5.78 Å². The van der Waals surface area contributed by atoms with Crippen molar-refractivity contribution >= 4 is 29.1 Å². The molecule has 0 aliphatic carbocycles. The molecule has 0 radical (unpaired) electrons. The molecule has 1 aliphatic heterocycles. The summed E-state index contributed by atoms with van der Waals surface area (Å²) in [7, 11) is 3.21. The first-order valence-electron chi connectivity index (χ1n) is 7.19. The zero-order valence-electron chi connectivity index (χ0n) is 13.7. The third-order valence-electron chi connectivity index (χ3n) is 3.64. The highest BCUT2D eigenvalue weighted by Crippen LogP contribution is 2.40. The molecular weight excluding hydrogens is 334 g/mol. The van der Waals surface area contributed by atoms with Crippen LogP contribution < -0.4 is 4.74 Å². The molecule has 0 saturated carbocycles. The standard InChI is InChI=1S/C17H20ClNO3S/c1-11-12(2)23-17(19(11)7-8-21-3)10-15(20)14-9-13(18)5-6-16(14)22-4/h5-6,9-10H,7-8H2,1-4H3/b17-10-. The maximum atomic E-state index is 12.7. The number of methoxy groups -OCH3 is 2. The summed E-state index contributed by atoms with van der Waals surface area (Å²) in [6.07, 6.45) is 1.63. The molecule has 1 heterocycles. The number of nitrogens with zero attached hydrogens (tertiary/aromatic N) is 1. The van der Waals surface area contributed by atoms with Crippen LogP contribution in [0.4, 0.5) is 0 Å². The minimum atomic E-state index is -0.128. The highest BCUT2D eigenvalue weighted by molar-refractivity contribution is 8.06. The van der Waals surface area contributed by atoms with E-state index in [0.717, 1.165) is 10.7 Å². The first kappa shape index (κ1) is 17.9. The molecule has 0 fully saturated rings. The van der Waals surface area contributed by atoms with Crippen molar-refractivity contribution in [2.75, 3.05) is 27.4 Å². The number of ether oxygens (including phenoxy) is 2. The Balaban J connectivity index is 2.30. The number of allylic oxidation sites excluding steroid dienone is 3. The van der Waals surface area contributed by atoms with Gasteiger partial charge >= 0.3 is 0 Å². The van der Waals surface area contributed by atoms with E-state index in [1.54, 1.807) is 43.1 Å². The van der Waals surface area contributed by atoms with E-state index in [-0.39, 0.29) is 5.78 Å². The average molecular weight is 354 g/mol. The first-order chi connectivity index (χ1) is 11.0. The highest BCUT2D eigenvalue weighted by Gasteiger charge is 2.24. The fourth-order valence-electron chi connectivity index (χ4n) is 2.27. The van der Waals surface area contributed by atoms with E-state index in [4.69, 9.17) is 21.1 Å². The molecule has 4 nitrogen and oxygen atoms in total. The van der Waals surface area contributed by atoms with Crippen LogP contribution in [0.1, 0.15) is 24.2 Å². The van der Waals surface area contributed by atoms with Crippen molar-refractivity contribution in [2.24, 2.45) is 0 Å². The molecule has 0 saturated heterocycles. The van der Waals surface area contributed by atoms with Gasteiger partial charge in [0.2, 0.25) is 0 Å². The number of carbonyl (C=O) groups is 1. The Morgan fingerprint density at radius 1 is 1.35 bits per heavy atom. The van der Waals surface area contributed by atoms with Gasteiger partial charge in [0.25, 0.3) is 0 Å². The van der Waals surface area contributed by atoms with Gasteiger partial charge in [-0.25, -0.2) is 0 Å². The van der Waals surface area contributed by atoms with E-state index in [0.29, 0.717) is 29.5 Å². The lowest BCUT2D eigenvalue weighted by molar-refractivity contribution is 0.104. The summed E-state index contributed by atoms with van der Waals surface area (Å²) in [5.41, 5.74) is 1.60. The molecule has 124 valence electrons. The molecule has 0 bridgehead atoms. The van der Waals surface area contributed by atoms with Gasteiger partial charge in [0.05, 0.1) is 24.3 Å². The lowest BCUT2D eigenvalue weighted by Crippen LogP contribution is -2.21. The first-order valence-corrected chi connectivity index (χ1v) is 8.38. The van der Waals surface area contributed by atoms with Crippen LogP contribution in [0, 0.1) is 0 Å². The Kier molecular flexibility index (Phi) is 6.16. The number of benzene rings is 1. The van der Waals surface area contributed by atoms with Crippen molar-refractivity contribution in [1.29, 1.82) is 0 Å². The highest BCUT2D eigenvalue weighted by atomic mass is 35.5. The summed E-state index contributed by atoms with van der Waals surface area (Å²) in [6.45, 7) is 5.39. The molecule has 0 amide bonds. The van der Waals surface area contributed by atoms with Gasteiger partial charge in [-0.05, 0) is 32.0 Å². The molecule has 1 aliphatic rings. The van der Waals surface area contributed by atoms with Crippen molar-refractivity contribution in [3.8, 4) is 5.75 Å². The van der Waals surface area contributed by atoms with Crippen LogP contribution in [0.3, 0.4) is 0 Å². The third-order valence-corrected chi connectivity index (χ3v) is 5.02. The van der Waals surface area contributed by atoms with Gasteiger partial charge in [-0.2, -0.15) is 0 Å². The molecule has 1 aromatic carbocycles. The maximum Gasteiger partial charge on any atom is 0.192 e. The van der Waals surface area contributed by atoms with Crippen LogP contribution in [0.15, 0.2) is 39.9 Å². The van der Waals surface area contributed by atoms with E-state index in [2.05, 4.69) is 4.90 Å². The summed E-state index contributed by atoms with van der Waals surface area (Å²) in [5.74, 6) is 0.390. The zero-order chi connectivity index (χ0) is 17.0. The summed E-state index contributed by atoms with van der Waals surface area (Å²) < 4.78 is 10.4. The van der Waals surface area contributed by atoms with Gasteiger partial charge < -0.3 is 14.4 Å². The van der Waals surface area contributed by atoms with Crippen LogP contribution >= 0.6 is 23.4 Å². The van der Waals surface area contributed by atoms with Crippen molar-refractivity contribution in [3.63, 3.8) is 0 Å². The Morgan fingerprint density at radius 2 is 2.09 bits per heavy atom. The van der Waals surface area contributed by atoms with E-state index in [9.17, 15) is 4.79 Å². The van der Waals surface area contributed by atoms with Crippen LogP contribution in [0.5, 0.6) is 5.75 Å². The summed E-state index contributed by atoms with van der Waals surface area (Å²) in [6, 6.07) is 5.04. The molecule has 0 spiro atoms. The Morgan fingerprint density at radius 3 is 2.74 bits per heavy atom. The molecular formula is C17H20ClNO3S. The van der Waals surface area contributed by atoms with Crippen LogP contribution in [0.2, 0.25) is 5.02 Å². The second-order valence-electron chi connectivity index (χ2n) is 5.08. The van der Waals surface area contributed by atoms with E-state index in [1.165, 1.54) is 12.0 Å². The number of thioether (sulfide) groups is 1. The monoisotopic (exact) mass is 353 g/mol. The molecule has 0 N–H and O–H groups in total. The van der Waals surface area contributed by atoms with Gasteiger partial charge in [0.1, 0.15) is 5.75 Å². The number of halogens is 1. The summed E-state index contributed by atoms with van der Waals surface area (Å²) >= 11 is 7.60. The van der Waals surface area contributed by atoms with Crippen molar-refractivity contribution < 1.29 is 14.3 Å². The predicted molar refractivity (Wildman–Crippen MR) is 95.0 cm³/mol. The molecule has 0 aromatic heterocycles. The second kappa shape index (κ2) is 7.90. The Bertz CT molecular complexity index is 670. The molecule has 6 heteroatoms. The van der Waals surface area contributed by atoms with Crippen molar-refractivity contribution in [3.05, 3.63) is 50.5 Å². The minimum Gasteiger partial charge on any atom is -0.496 e. The largest absolute Gasteiger partial charge is 0.496 e. The van der Waals surface area contributed by atoms with Gasteiger partial charge in [0, 0.05) is 35.4 Å². The normalized spacial score (nSPS) is 16.4. The molecule has 2 rings (SSSR count). The van der Waals surface area contributed by atoms with Gasteiger partial charge in [-0.1, -0.05) is 23.4 Å².